The fourth-order valence-electron chi connectivity index (χ4n) is 3.29. The fourth-order valence-corrected chi connectivity index (χ4v) is 4.19. The van der Waals surface area contributed by atoms with Gasteiger partial charge in [0, 0.05) is 6.04 Å². The second-order valence-electron chi connectivity index (χ2n) is 8.19. The molecule has 1 saturated heterocycles. The SMILES string of the molecule is CC(C)[C@H](N)C(=O)OCC1O[C@@H](n2c(=O)sc3c(NC4CC4)nc(N)nc32)[C@H](O)[C@@H]1O. The predicted molar refractivity (Wildman–Crippen MR) is 112 cm³/mol. The molecule has 2 fully saturated rings. The van der Waals surface area contributed by atoms with Gasteiger partial charge in [0.1, 0.15) is 35.7 Å². The minimum absolute atomic E-state index is 0.0385. The Hall–Kier alpha value is -2.32. The highest BCUT2D eigenvalue weighted by molar-refractivity contribution is 7.17. The Bertz CT molecular complexity index is 1040. The largest absolute Gasteiger partial charge is 0.462 e. The number of nitrogen functional groups attached to an aromatic ring is 1. The van der Waals surface area contributed by atoms with Gasteiger partial charge in [-0.25, -0.2) is 0 Å². The standard InChI is InChI=1S/C18H26N6O6S/c1-6(2)9(19)16(27)29-5-8-10(25)11(26)15(30-8)24-14-12(31-18(24)28)13(21-7-3-4-7)22-17(20)23-14/h6-11,15,25-26H,3-5,19H2,1-2H3,(H3,20,21,22,23)/t8?,9-,10+,11+,15+/m0/s1. The summed E-state index contributed by atoms with van der Waals surface area (Å²) >= 11 is 0.890. The smallest absolute Gasteiger partial charge is 0.323 e. The zero-order chi connectivity index (χ0) is 22.4. The number of nitrogens with zero attached hydrogens (tertiary/aromatic N) is 3. The summed E-state index contributed by atoms with van der Waals surface area (Å²) in [4.78, 5) is 32.6. The lowest BCUT2D eigenvalue weighted by Crippen LogP contribution is -2.40. The molecule has 1 unspecified atom stereocenters. The van der Waals surface area contributed by atoms with Crippen molar-refractivity contribution in [2.24, 2.45) is 11.7 Å². The van der Waals surface area contributed by atoms with E-state index < -0.39 is 41.4 Å². The molecule has 0 bridgehead atoms. The van der Waals surface area contributed by atoms with E-state index in [1.165, 1.54) is 0 Å². The van der Waals surface area contributed by atoms with Gasteiger partial charge in [-0.05, 0) is 18.8 Å². The van der Waals surface area contributed by atoms with Crippen molar-refractivity contribution >= 4 is 39.4 Å². The summed E-state index contributed by atoms with van der Waals surface area (Å²) in [5.74, 6) is -0.354. The average Bonchev–Trinajstić information content (AvgIpc) is 3.41. The van der Waals surface area contributed by atoms with Crippen LogP contribution < -0.4 is 21.7 Å². The molecule has 0 spiro atoms. The molecule has 2 aromatic rings. The first kappa shape index (κ1) is 21.9. The molecule has 2 aliphatic rings. The normalized spacial score (nSPS) is 27.0. The number of carbonyl (C=O) groups is 1. The molecule has 170 valence electrons. The van der Waals surface area contributed by atoms with Crippen molar-refractivity contribution in [3.05, 3.63) is 9.67 Å². The average molecular weight is 455 g/mol. The van der Waals surface area contributed by atoms with Crippen molar-refractivity contribution in [1.29, 1.82) is 0 Å². The molecule has 1 aliphatic heterocycles. The molecule has 0 radical (unpaired) electrons. The Kier molecular flexibility index (Phi) is 5.87. The van der Waals surface area contributed by atoms with Gasteiger partial charge in [0.15, 0.2) is 17.7 Å². The summed E-state index contributed by atoms with van der Waals surface area (Å²) in [7, 11) is 0. The van der Waals surface area contributed by atoms with Crippen molar-refractivity contribution in [1.82, 2.24) is 14.5 Å². The summed E-state index contributed by atoms with van der Waals surface area (Å²) in [6.07, 6.45) is -3.13. The summed E-state index contributed by atoms with van der Waals surface area (Å²) in [5, 5.41) is 24.2. The summed E-state index contributed by atoms with van der Waals surface area (Å²) in [5.41, 5.74) is 11.8. The van der Waals surface area contributed by atoms with Gasteiger partial charge in [-0.1, -0.05) is 25.2 Å². The maximum atomic E-state index is 12.8. The molecule has 4 rings (SSSR count). The Morgan fingerprint density at radius 3 is 2.71 bits per heavy atom. The third-order valence-electron chi connectivity index (χ3n) is 5.37. The molecule has 3 heterocycles. The Balaban J connectivity index is 1.58. The number of carbonyl (C=O) groups excluding carboxylic acids is 1. The van der Waals surface area contributed by atoms with Crippen LogP contribution in [0, 0.1) is 5.92 Å². The maximum absolute atomic E-state index is 12.8. The third kappa shape index (κ3) is 4.23. The Morgan fingerprint density at radius 1 is 1.35 bits per heavy atom. The molecule has 0 aromatic carbocycles. The molecule has 2 aromatic heterocycles. The van der Waals surface area contributed by atoms with Crippen LogP contribution in [-0.4, -0.2) is 67.7 Å². The minimum atomic E-state index is -1.45. The zero-order valence-electron chi connectivity index (χ0n) is 17.1. The molecule has 1 saturated carbocycles. The van der Waals surface area contributed by atoms with Crippen molar-refractivity contribution in [2.45, 2.75) is 63.3 Å². The molecule has 7 N–H and O–H groups in total. The number of esters is 1. The second kappa shape index (κ2) is 8.31. The third-order valence-corrected chi connectivity index (χ3v) is 6.32. The molecule has 0 amide bonds. The first-order chi connectivity index (χ1) is 14.7. The van der Waals surface area contributed by atoms with E-state index in [2.05, 4.69) is 15.3 Å². The molecular formula is C18H26N6O6S. The van der Waals surface area contributed by atoms with Gasteiger partial charge in [0.2, 0.25) is 5.95 Å². The first-order valence-corrected chi connectivity index (χ1v) is 10.9. The molecule has 12 nitrogen and oxygen atoms in total. The number of fused-ring (bicyclic) bond motifs is 1. The highest BCUT2D eigenvalue weighted by atomic mass is 32.1. The van der Waals surface area contributed by atoms with Crippen molar-refractivity contribution in [3.8, 4) is 0 Å². The van der Waals surface area contributed by atoms with Gasteiger partial charge in [-0.2, -0.15) is 9.97 Å². The van der Waals surface area contributed by atoms with Gasteiger partial charge >= 0.3 is 10.8 Å². The number of aliphatic hydroxyl groups excluding tert-OH is 2. The Labute approximate surface area is 181 Å². The van der Waals surface area contributed by atoms with E-state index in [9.17, 15) is 19.8 Å². The van der Waals surface area contributed by atoms with Gasteiger partial charge in [-0.3, -0.25) is 14.2 Å². The van der Waals surface area contributed by atoms with Crippen molar-refractivity contribution < 1.29 is 24.5 Å². The van der Waals surface area contributed by atoms with Crippen molar-refractivity contribution in [2.75, 3.05) is 17.7 Å². The number of hydrogen-bond donors (Lipinski definition) is 5. The van der Waals surface area contributed by atoms with Crippen LogP contribution in [0.4, 0.5) is 11.8 Å². The van der Waals surface area contributed by atoms with Crippen LogP contribution in [0.3, 0.4) is 0 Å². The van der Waals surface area contributed by atoms with Crippen molar-refractivity contribution in [3.63, 3.8) is 0 Å². The number of rotatable bonds is 7. The van der Waals surface area contributed by atoms with E-state index in [1.54, 1.807) is 13.8 Å². The van der Waals surface area contributed by atoms with Gasteiger partial charge < -0.3 is 36.5 Å². The number of anilines is 2. The van der Waals surface area contributed by atoms with Crippen LogP contribution >= 0.6 is 11.3 Å². The molecule has 5 atom stereocenters. The molecule has 1 aliphatic carbocycles. The predicted octanol–water partition coefficient (Wildman–Crippen LogP) is -0.845. The zero-order valence-corrected chi connectivity index (χ0v) is 17.9. The maximum Gasteiger partial charge on any atom is 0.323 e. The molecule has 13 heteroatoms. The van der Waals surface area contributed by atoms with Gasteiger partial charge in [0.05, 0.1) is 0 Å². The van der Waals surface area contributed by atoms with Gasteiger partial charge in [-0.15, -0.1) is 0 Å². The minimum Gasteiger partial charge on any atom is -0.462 e. The number of thiazole rings is 1. The van der Waals surface area contributed by atoms with Crippen LogP contribution in [-0.2, 0) is 14.3 Å². The van der Waals surface area contributed by atoms with Crippen LogP contribution in [0.2, 0.25) is 0 Å². The quantitative estimate of drug-likeness (QED) is 0.328. The molecule has 31 heavy (non-hydrogen) atoms. The van der Waals surface area contributed by atoms with E-state index in [-0.39, 0.29) is 30.2 Å². The lowest BCUT2D eigenvalue weighted by atomic mass is 10.1. The summed E-state index contributed by atoms with van der Waals surface area (Å²) in [6.45, 7) is 3.23. The first-order valence-electron chi connectivity index (χ1n) is 10.1. The van der Waals surface area contributed by atoms with E-state index in [0.29, 0.717) is 10.5 Å². The summed E-state index contributed by atoms with van der Waals surface area (Å²) < 4.78 is 12.5. The highest BCUT2D eigenvalue weighted by Crippen LogP contribution is 2.35. The summed E-state index contributed by atoms with van der Waals surface area (Å²) in [6, 6.07) is -0.547. The van der Waals surface area contributed by atoms with Crippen LogP contribution in [0.15, 0.2) is 4.79 Å². The highest BCUT2D eigenvalue weighted by Gasteiger charge is 2.46. The van der Waals surface area contributed by atoms with E-state index >= 15 is 0 Å². The number of aliphatic hydroxyl groups is 2. The number of nitrogens with one attached hydrogen (secondary N) is 1. The topological polar surface area (TPSA) is 188 Å². The van der Waals surface area contributed by atoms with E-state index in [0.717, 1.165) is 28.7 Å². The van der Waals surface area contributed by atoms with Crippen LogP contribution in [0.5, 0.6) is 0 Å². The lowest BCUT2D eigenvalue weighted by molar-refractivity contribution is -0.152. The van der Waals surface area contributed by atoms with Crippen LogP contribution in [0.25, 0.3) is 10.3 Å². The number of nitrogens with two attached hydrogens (primary N) is 2. The van der Waals surface area contributed by atoms with Gasteiger partial charge in [0.25, 0.3) is 0 Å². The van der Waals surface area contributed by atoms with E-state index in [4.69, 9.17) is 20.9 Å². The number of hydrogen-bond acceptors (Lipinski definition) is 12. The fraction of sp³-hybridized carbons (Fsp3) is 0.667. The number of aromatic nitrogens is 3. The Morgan fingerprint density at radius 2 is 2.06 bits per heavy atom. The van der Waals surface area contributed by atoms with E-state index in [1.807, 2.05) is 0 Å². The monoisotopic (exact) mass is 454 g/mol. The molecular weight excluding hydrogens is 428 g/mol. The van der Waals surface area contributed by atoms with Crippen LogP contribution in [0.1, 0.15) is 32.9 Å². The number of ether oxygens (including phenoxy) is 2. The second-order valence-corrected chi connectivity index (χ2v) is 9.15. The lowest BCUT2D eigenvalue weighted by Gasteiger charge is -2.18.